The molecule has 0 saturated carbocycles. The van der Waals surface area contributed by atoms with Crippen LogP contribution >= 0.6 is 0 Å². The van der Waals surface area contributed by atoms with Gasteiger partial charge < -0.3 is 24.3 Å². The number of anilines is 1. The maximum atomic E-state index is 12.4. The molecule has 0 aliphatic carbocycles. The SMILES string of the molecule is CCOc1cc2c(cc1NC(=O)COc1ccc(C#N)cc1OC)OC(C)C2. The van der Waals surface area contributed by atoms with Gasteiger partial charge in [0.1, 0.15) is 17.6 Å². The zero-order chi connectivity index (χ0) is 20.1. The van der Waals surface area contributed by atoms with E-state index >= 15 is 0 Å². The van der Waals surface area contributed by atoms with Crippen molar-refractivity contribution < 1.29 is 23.7 Å². The summed E-state index contributed by atoms with van der Waals surface area (Å²) in [6.07, 6.45) is 0.910. The minimum atomic E-state index is -0.349. The van der Waals surface area contributed by atoms with Crippen LogP contribution in [0.15, 0.2) is 30.3 Å². The van der Waals surface area contributed by atoms with Crippen LogP contribution < -0.4 is 24.3 Å². The van der Waals surface area contributed by atoms with Gasteiger partial charge in [0.05, 0.1) is 31.0 Å². The quantitative estimate of drug-likeness (QED) is 0.790. The van der Waals surface area contributed by atoms with Crippen LogP contribution in [0.5, 0.6) is 23.0 Å². The largest absolute Gasteiger partial charge is 0.493 e. The van der Waals surface area contributed by atoms with Crippen molar-refractivity contribution in [3.8, 4) is 29.1 Å². The lowest BCUT2D eigenvalue weighted by Crippen LogP contribution is -2.21. The van der Waals surface area contributed by atoms with E-state index in [2.05, 4.69) is 5.32 Å². The molecule has 1 atom stereocenters. The minimum Gasteiger partial charge on any atom is -0.493 e. The molecule has 1 heterocycles. The van der Waals surface area contributed by atoms with Crippen molar-refractivity contribution in [2.45, 2.75) is 26.4 Å². The van der Waals surface area contributed by atoms with Crippen LogP contribution in [0.25, 0.3) is 0 Å². The highest BCUT2D eigenvalue weighted by Gasteiger charge is 2.22. The lowest BCUT2D eigenvalue weighted by Gasteiger charge is -2.14. The molecular formula is C21H22N2O5. The molecule has 1 aliphatic heterocycles. The predicted octanol–water partition coefficient (Wildman–Crippen LogP) is 3.31. The van der Waals surface area contributed by atoms with Crippen molar-refractivity contribution in [3.63, 3.8) is 0 Å². The molecule has 2 aromatic rings. The minimum absolute atomic E-state index is 0.0996. The predicted molar refractivity (Wildman–Crippen MR) is 103 cm³/mol. The van der Waals surface area contributed by atoms with Gasteiger partial charge in [-0.25, -0.2) is 0 Å². The lowest BCUT2D eigenvalue weighted by molar-refractivity contribution is -0.118. The van der Waals surface area contributed by atoms with Gasteiger partial charge in [-0.15, -0.1) is 0 Å². The third kappa shape index (κ3) is 4.29. The molecule has 146 valence electrons. The summed E-state index contributed by atoms with van der Waals surface area (Å²) in [5.74, 6) is 1.78. The average molecular weight is 382 g/mol. The van der Waals surface area contributed by atoms with Crippen molar-refractivity contribution in [3.05, 3.63) is 41.5 Å². The molecule has 28 heavy (non-hydrogen) atoms. The first-order valence-corrected chi connectivity index (χ1v) is 9.01. The van der Waals surface area contributed by atoms with Crippen LogP contribution in [0.4, 0.5) is 5.69 Å². The van der Waals surface area contributed by atoms with Crippen LogP contribution in [0.3, 0.4) is 0 Å². The second-order valence-corrected chi connectivity index (χ2v) is 6.34. The van der Waals surface area contributed by atoms with Crippen LogP contribution in [0.1, 0.15) is 25.0 Å². The fourth-order valence-corrected chi connectivity index (χ4v) is 3.00. The highest BCUT2D eigenvalue weighted by atomic mass is 16.5. The number of nitrogens with one attached hydrogen (secondary N) is 1. The van der Waals surface area contributed by atoms with Gasteiger partial charge in [-0.1, -0.05) is 0 Å². The molecular weight excluding hydrogens is 360 g/mol. The molecule has 0 spiro atoms. The Balaban J connectivity index is 1.70. The Hall–Kier alpha value is -3.40. The molecule has 0 fully saturated rings. The third-order valence-corrected chi connectivity index (χ3v) is 4.22. The summed E-state index contributed by atoms with van der Waals surface area (Å²) in [5, 5.41) is 11.8. The van der Waals surface area contributed by atoms with Crippen molar-refractivity contribution in [1.82, 2.24) is 0 Å². The molecule has 0 saturated heterocycles. The van der Waals surface area contributed by atoms with E-state index in [4.69, 9.17) is 24.2 Å². The van der Waals surface area contributed by atoms with E-state index in [0.717, 1.165) is 17.7 Å². The van der Waals surface area contributed by atoms with Gasteiger partial charge in [0.15, 0.2) is 18.1 Å². The van der Waals surface area contributed by atoms with Gasteiger partial charge in [0.2, 0.25) is 0 Å². The summed E-state index contributed by atoms with van der Waals surface area (Å²) in [5.41, 5.74) is 2.05. The fraction of sp³-hybridized carbons (Fsp3) is 0.333. The van der Waals surface area contributed by atoms with E-state index in [1.165, 1.54) is 7.11 Å². The Morgan fingerprint density at radius 2 is 2.07 bits per heavy atom. The van der Waals surface area contributed by atoms with Crippen LogP contribution in [-0.2, 0) is 11.2 Å². The van der Waals surface area contributed by atoms with Crippen molar-refractivity contribution in [2.24, 2.45) is 0 Å². The topological polar surface area (TPSA) is 89.8 Å². The monoisotopic (exact) mass is 382 g/mol. The molecule has 1 N–H and O–H groups in total. The van der Waals surface area contributed by atoms with Crippen molar-refractivity contribution in [1.29, 1.82) is 5.26 Å². The first-order chi connectivity index (χ1) is 13.5. The molecule has 2 aromatic carbocycles. The van der Waals surface area contributed by atoms with Crippen LogP contribution in [0.2, 0.25) is 0 Å². The first kappa shape index (κ1) is 19.4. The number of rotatable bonds is 7. The van der Waals surface area contributed by atoms with Gasteiger partial charge >= 0.3 is 0 Å². The first-order valence-electron chi connectivity index (χ1n) is 9.01. The maximum absolute atomic E-state index is 12.4. The zero-order valence-electron chi connectivity index (χ0n) is 16.1. The summed E-state index contributed by atoms with van der Waals surface area (Å²) in [4.78, 5) is 12.4. The van der Waals surface area contributed by atoms with Crippen LogP contribution in [0, 0.1) is 11.3 Å². The number of carbonyl (C=O) groups is 1. The van der Waals surface area contributed by atoms with E-state index in [9.17, 15) is 4.79 Å². The second-order valence-electron chi connectivity index (χ2n) is 6.34. The van der Waals surface area contributed by atoms with E-state index in [-0.39, 0.29) is 18.6 Å². The summed E-state index contributed by atoms with van der Waals surface area (Å²) >= 11 is 0. The Morgan fingerprint density at radius 3 is 2.79 bits per heavy atom. The molecule has 7 nitrogen and oxygen atoms in total. The Labute approximate surface area is 163 Å². The Kier molecular flexibility index (Phi) is 5.90. The molecule has 1 amide bonds. The fourth-order valence-electron chi connectivity index (χ4n) is 3.00. The molecule has 7 heteroatoms. The number of nitrogens with zero attached hydrogens (tertiary/aromatic N) is 1. The number of benzene rings is 2. The molecule has 0 aromatic heterocycles. The van der Waals surface area contributed by atoms with Crippen LogP contribution in [-0.4, -0.2) is 32.3 Å². The maximum Gasteiger partial charge on any atom is 0.262 e. The second kappa shape index (κ2) is 8.53. The molecule has 1 unspecified atom stereocenters. The molecule has 1 aliphatic rings. The highest BCUT2D eigenvalue weighted by molar-refractivity contribution is 5.93. The van der Waals surface area contributed by atoms with E-state index < -0.39 is 0 Å². The molecule has 0 radical (unpaired) electrons. The van der Waals surface area contributed by atoms with Gasteiger partial charge in [-0.2, -0.15) is 5.26 Å². The number of nitriles is 1. The Morgan fingerprint density at radius 1 is 1.25 bits per heavy atom. The molecule has 3 rings (SSSR count). The summed E-state index contributed by atoms with van der Waals surface area (Å²) in [7, 11) is 1.48. The third-order valence-electron chi connectivity index (χ3n) is 4.22. The summed E-state index contributed by atoms with van der Waals surface area (Å²) in [6, 6.07) is 10.5. The molecule has 0 bridgehead atoms. The number of carbonyl (C=O) groups excluding carboxylic acids is 1. The number of amides is 1. The normalized spacial score (nSPS) is 14.4. The van der Waals surface area contributed by atoms with Crippen molar-refractivity contribution >= 4 is 11.6 Å². The number of ether oxygens (including phenoxy) is 4. The lowest BCUT2D eigenvalue weighted by atomic mass is 10.1. The van der Waals surface area contributed by atoms with E-state index in [1.807, 2.05) is 26.0 Å². The summed E-state index contributed by atoms with van der Waals surface area (Å²) in [6.45, 7) is 4.15. The van der Waals surface area contributed by atoms with E-state index in [1.54, 1.807) is 24.3 Å². The van der Waals surface area contributed by atoms with Gasteiger partial charge in [0.25, 0.3) is 5.91 Å². The Bertz CT molecular complexity index is 920. The van der Waals surface area contributed by atoms with Gasteiger partial charge in [-0.3, -0.25) is 4.79 Å². The number of hydrogen-bond acceptors (Lipinski definition) is 6. The van der Waals surface area contributed by atoms with Gasteiger partial charge in [0, 0.05) is 24.1 Å². The smallest absolute Gasteiger partial charge is 0.262 e. The zero-order valence-corrected chi connectivity index (χ0v) is 16.1. The number of fused-ring (bicyclic) bond motifs is 1. The van der Waals surface area contributed by atoms with Crippen molar-refractivity contribution in [2.75, 3.05) is 25.6 Å². The van der Waals surface area contributed by atoms with E-state index in [0.29, 0.717) is 35.1 Å². The number of hydrogen-bond donors (Lipinski definition) is 1. The summed E-state index contributed by atoms with van der Waals surface area (Å²) < 4.78 is 22.2. The number of methoxy groups -OCH3 is 1. The standard InChI is InChI=1S/C21H22N2O5/c1-4-26-19-9-15-7-13(2)28-18(15)10-16(19)23-21(24)12-27-17-6-5-14(11-22)8-20(17)25-3/h5-6,8-10,13H,4,7,12H2,1-3H3,(H,23,24). The average Bonchev–Trinajstić information content (AvgIpc) is 3.05. The highest BCUT2D eigenvalue weighted by Crippen LogP contribution is 2.38. The van der Waals surface area contributed by atoms with Gasteiger partial charge in [-0.05, 0) is 32.0 Å².